The first-order valence-electron chi connectivity index (χ1n) is 4.84. The lowest BCUT2D eigenvalue weighted by Crippen LogP contribution is -2.07. The van der Waals surface area contributed by atoms with Crippen LogP contribution in [0.5, 0.6) is 0 Å². The molecule has 0 bridgehead atoms. The molecule has 0 nitrogen and oxygen atoms in total. The fourth-order valence-electron chi connectivity index (χ4n) is 1.20. The number of halogens is 1. The highest BCUT2D eigenvalue weighted by molar-refractivity contribution is 4.93. The molecule has 2 unspecified atom stereocenters. The standard InChI is InChI=1S/C11H19F/c1-4-7-8-11(12)9-10(5-2)6-3/h2,10-11H,4,6-9H2,1,3H3. The van der Waals surface area contributed by atoms with E-state index in [1.54, 1.807) is 0 Å². The second-order valence-electron chi connectivity index (χ2n) is 3.25. The van der Waals surface area contributed by atoms with Gasteiger partial charge in [0.25, 0.3) is 0 Å². The molecule has 0 aromatic rings. The Morgan fingerprint density at radius 2 is 2.08 bits per heavy atom. The molecule has 0 saturated carbocycles. The van der Waals surface area contributed by atoms with Crippen molar-refractivity contribution in [3.05, 3.63) is 0 Å². The Kier molecular flexibility index (Phi) is 6.85. The number of alkyl halides is 1. The maximum absolute atomic E-state index is 13.1. The highest BCUT2D eigenvalue weighted by Crippen LogP contribution is 2.16. The van der Waals surface area contributed by atoms with Gasteiger partial charge in [0.1, 0.15) is 6.17 Å². The fraction of sp³-hybridized carbons (Fsp3) is 0.818. The molecule has 1 heteroatoms. The summed E-state index contributed by atoms with van der Waals surface area (Å²) in [4.78, 5) is 0. The van der Waals surface area contributed by atoms with Crippen molar-refractivity contribution in [2.75, 3.05) is 0 Å². The highest BCUT2D eigenvalue weighted by Gasteiger charge is 2.11. The molecule has 0 N–H and O–H groups in total. The minimum atomic E-state index is -0.689. The van der Waals surface area contributed by atoms with E-state index >= 15 is 0 Å². The molecule has 0 rings (SSSR count). The lowest BCUT2D eigenvalue weighted by atomic mass is 9.98. The second kappa shape index (κ2) is 7.16. The average Bonchev–Trinajstić information content (AvgIpc) is 2.10. The summed E-state index contributed by atoms with van der Waals surface area (Å²) in [7, 11) is 0. The van der Waals surface area contributed by atoms with Crippen molar-refractivity contribution < 1.29 is 4.39 Å². The smallest absolute Gasteiger partial charge is 0.101 e. The Labute approximate surface area is 75.6 Å². The van der Waals surface area contributed by atoms with E-state index in [4.69, 9.17) is 6.42 Å². The zero-order valence-corrected chi connectivity index (χ0v) is 8.15. The lowest BCUT2D eigenvalue weighted by molar-refractivity contribution is 0.265. The first-order chi connectivity index (χ1) is 5.74. The van der Waals surface area contributed by atoms with E-state index in [0.29, 0.717) is 12.8 Å². The minimum absolute atomic E-state index is 0.136. The van der Waals surface area contributed by atoms with Gasteiger partial charge in [-0.2, -0.15) is 0 Å². The van der Waals surface area contributed by atoms with Crippen molar-refractivity contribution >= 4 is 0 Å². The predicted molar refractivity (Wildman–Crippen MR) is 51.7 cm³/mol. The van der Waals surface area contributed by atoms with Gasteiger partial charge in [-0.25, -0.2) is 4.39 Å². The number of rotatable bonds is 6. The second-order valence-corrected chi connectivity index (χ2v) is 3.25. The van der Waals surface area contributed by atoms with Crippen molar-refractivity contribution in [1.29, 1.82) is 0 Å². The lowest BCUT2D eigenvalue weighted by Gasteiger charge is -2.11. The third-order valence-corrected chi connectivity index (χ3v) is 2.14. The van der Waals surface area contributed by atoms with Gasteiger partial charge in [-0.1, -0.05) is 26.7 Å². The van der Waals surface area contributed by atoms with Crippen LogP contribution in [0.3, 0.4) is 0 Å². The summed E-state index contributed by atoms with van der Waals surface area (Å²) in [5.41, 5.74) is 0. The average molecular weight is 170 g/mol. The number of terminal acetylenes is 1. The summed E-state index contributed by atoms with van der Waals surface area (Å²) < 4.78 is 13.1. The van der Waals surface area contributed by atoms with Crippen LogP contribution in [0.2, 0.25) is 0 Å². The van der Waals surface area contributed by atoms with Crippen molar-refractivity contribution in [2.24, 2.45) is 5.92 Å². The Morgan fingerprint density at radius 1 is 1.42 bits per heavy atom. The third kappa shape index (κ3) is 5.18. The molecule has 0 aromatic carbocycles. The zero-order chi connectivity index (χ0) is 9.40. The zero-order valence-electron chi connectivity index (χ0n) is 8.15. The molecule has 0 aromatic heterocycles. The van der Waals surface area contributed by atoms with Gasteiger partial charge in [-0.05, 0) is 19.3 Å². The normalized spacial score (nSPS) is 15.2. The van der Waals surface area contributed by atoms with Crippen LogP contribution in [0.4, 0.5) is 4.39 Å². The molecule has 0 radical (unpaired) electrons. The summed E-state index contributed by atoms with van der Waals surface area (Å²) in [5.74, 6) is 2.76. The van der Waals surface area contributed by atoms with Crippen molar-refractivity contribution in [1.82, 2.24) is 0 Å². The van der Waals surface area contributed by atoms with E-state index in [9.17, 15) is 4.39 Å². The van der Waals surface area contributed by atoms with Gasteiger partial charge in [-0.3, -0.25) is 0 Å². The largest absolute Gasteiger partial charge is 0.247 e. The Hall–Kier alpha value is -0.510. The van der Waals surface area contributed by atoms with E-state index in [-0.39, 0.29) is 5.92 Å². The molecule has 0 saturated heterocycles. The van der Waals surface area contributed by atoms with Crippen LogP contribution in [0.15, 0.2) is 0 Å². The van der Waals surface area contributed by atoms with Crippen molar-refractivity contribution in [3.63, 3.8) is 0 Å². The van der Waals surface area contributed by atoms with Crippen LogP contribution < -0.4 is 0 Å². The summed E-state index contributed by atoms with van der Waals surface area (Å²) >= 11 is 0. The van der Waals surface area contributed by atoms with E-state index in [1.807, 2.05) is 6.92 Å². The molecule has 0 aliphatic rings. The van der Waals surface area contributed by atoms with Gasteiger partial charge in [0.05, 0.1) is 0 Å². The summed E-state index contributed by atoms with van der Waals surface area (Å²) in [6.07, 6.45) is 8.71. The number of unbranched alkanes of at least 4 members (excludes halogenated alkanes) is 1. The van der Waals surface area contributed by atoms with Gasteiger partial charge in [0, 0.05) is 5.92 Å². The van der Waals surface area contributed by atoms with Gasteiger partial charge < -0.3 is 0 Å². The van der Waals surface area contributed by atoms with Crippen LogP contribution >= 0.6 is 0 Å². The van der Waals surface area contributed by atoms with Gasteiger partial charge in [-0.15, -0.1) is 12.3 Å². The van der Waals surface area contributed by atoms with Crippen LogP contribution in [-0.2, 0) is 0 Å². The van der Waals surface area contributed by atoms with Crippen molar-refractivity contribution in [3.8, 4) is 12.3 Å². The van der Waals surface area contributed by atoms with E-state index in [2.05, 4.69) is 12.8 Å². The summed E-state index contributed by atoms with van der Waals surface area (Å²) in [6, 6.07) is 0. The van der Waals surface area contributed by atoms with Gasteiger partial charge >= 0.3 is 0 Å². The van der Waals surface area contributed by atoms with E-state index in [1.165, 1.54) is 0 Å². The quantitative estimate of drug-likeness (QED) is 0.535. The molecule has 70 valence electrons. The van der Waals surface area contributed by atoms with Crippen LogP contribution in [0.1, 0.15) is 46.0 Å². The summed E-state index contributed by atoms with van der Waals surface area (Å²) in [6.45, 7) is 4.09. The number of hydrogen-bond donors (Lipinski definition) is 0. The molecule has 0 aliphatic carbocycles. The van der Waals surface area contributed by atoms with E-state index < -0.39 is 6.17 Å². The SMILES string of the molecule is C#CC(CC)CC(F)CCCC. The molecule has 0 heterocycles. The topological polar surface area (TPSA) is 0 Å². The molecule has 0 amide bonds. The van der Waals surface area contributed by atoms with E-state index in [0.717, 1.165) is 19.3 Å². The number of hydrogen-bond acceptors (Lipinski definition) is 0. The highest BCUT2D eigenvalue weighted by atomic mass is 19.1. The maximum atomic E-state index is 13.1. The predicted octanol–water partition coefficient (Wildman–Crippen LogP) is 3.56. The Balaban J connectivity index is 3.53. The fourth-order valence-corrected chi connectivity index (χ4v) is 1.20. The monoisotopic (exact) mass is 170 g/mol. The van der Waals surface area contributed by atoms with Crippen LogP contribution in [-0.4, -0.2) is 6.17 Å². The molecule has 2 atom stereocenters. The maximum Gasteiger partial charge on any atom is 0.101 e. The molecule has 0 fully saturated rings. The van der Waals surface area contributed by atoms with Crippen LogP contribution in [0, 0.1) is 18.3 Å². The summed E-state index contributed by atoms with van der Waals surface area (Å²) in [5, 5.41) is 0. The first kappa shape index (κ1) is 11.5. The molecule has 12 heavy (non-hydrogen) atoms. The molecule has 0 spiro atoms. The molecular weight excluding hydrogens is 151 g/mol. The van der Waals surface area contributed by atoms with Crippen molar-refractivity contribution in [2.45, 2.75) is 52.1 Å². The van der Waals surface area contributed by atoms with Gasteiger partial charge in [0.2, 0.25) is 0 Å². The minimum Gasteiger partial charge on any atom is -0.247 e. The molecule has 0 aliphatic heterocycles. The van der Waals surface area contributed by atoms with Gasteiger partial charge in [0.15, 0.2) is 0 Å². The third-order valence-electron chi connectivity index (χ3n) is 2.14. The van der Waals surface area contributed by atoms with Crippen LogP contribution in [0.25, 0.3) is 0 Å². The Bertz CT molecular complexity index is 134. The Morgan fingerprint density at radius 3 is 2.50 bits per heavy atom. The first-order valence-corrected chi connectivity index (χ1v) is 4.84. The molecular formula is C11H19F.